The smallest absolute Gasteiger partial charge is 0.0954 e. The zero-order valence-electron chi connectivity index (χ0n) is 11.7. The van der Waals surface area contributed by atoms with E-state index in [4.69, 9.17) is 28.9 Å². The van der Waals surface area contributed by atoms with Gasteiger partial charge >= 0.3 is 0 Å². The van der Waals surface area contributed by atoms with Crippen molar-refractivity contribution in [2.24, 2.45) is 11.7 Å². The van der Waals surface area contributed by atoms with Crippen molar-refractivity contribution < 1.29 is 0 Å². The topological polar surface area (TPSA) is 43.8 Å². The van der Waals surface area contributed by atoms with Crippen LogP contribution in [-0.2, 0) is 0 Å². The van der Waals surface area contributed by atoms with Crippen molar-refractivity contribution in [1.29, 1.82) is 0 Å². The Bertz CT molecular complexity index is 578. The van der Waals surface area contributed by atoms with Gasteiger partial charge in [-0.15, -0.1) is 0 Å². The number of benzene rings is 1. The lowest BCUT2D eigenvalue weighted by Gasteiger charge is -2.21. The summed E-state index contributed by atoms with van der Waals surface area (Å²) in [5, 5.41) is 1.32. The van der Waals surface area contributed by atoms with Crippen LogP contribution in [0.2, 0.25) is 10.0 Å². The van der Waals surface area contributed by atoms with E-state index in [1.807, 2.05) is 12.4 Å². The maximum Gasteiger partial charge on any atom is 0.0954 e. The molecule has 0 saturated heterocycles. The summed E-state index contributed by atoms with van der Waals surface area (Å²) in [6, 6.07) is 5.65. The molecule has 1 aromatic heterocycles. The summed E-state index contributed by atoms with van der Waals surface area (Å²) in [7, 11) is 0. The standard InChI is InChI=1S/C15H19Cl2N3/c1-10(2)5-12(7-18)20-9-19-8-15(20)13-6-11(16)3-4-14(13)17/h3-4,6,8-10,12H,5,7,18H2,1-2H3. The molecule has 0 aliphatic rings. The molecule has 2 N–H and O–H groups in total. The van der Waals surface area contributed by atoms with Crippen LogP contribution >= 0.6 is 23.2 Å². The molecule has 3 nitrogen and oxygen atoms in total. The molecular formula is C15H19Cl2N3. The van der Waals surface area contributed by atoms with Crippen LogP contribution in [0.4, 0.5) is 0 Å². The first-order chi connectivity index (χ1) is 9.52. The monoisotopic (exact) mass is 311 g/mol. The molecule has 1 aromatic carbocycles. The number of nitrogens with zero attached hydrogens (tertiary/aromatic N) is 2. The molecular weight excluding hydrogens is 293 g/mol. The Balaban J connectivity index is 2.44. The Labute approximate surface area is 129 Å². The van der Waals surface area contributed by atoms with Gasteiger partial charge in [-0.2, -0.15) is 0 Å². The first kappa shape index (κ1) is 15.4. The summed E-state index contributed by atoms with van der Waals surface area (Å²) >= 11 is 12.4. The molecule has 1 unspecified atom stereocenters. The molecule has 0 saturated carbocycles. The van der Waals surface area contributed by atoms with E-state index >= 15 is 0 Å². The van der Waals surface area contributed by atoms with Gasteiger partial charge in [0.2, 0.25) is 0 Å². The van der Waals surface area contributed by atoms with Crippen LogP contribution in [0, 0.1) is 5.92 Å². The molecule has 0 spiro atoms. The average molecular weight is 312 g/mol. The molecule has 0 fully saturated rings. The lowest BCUT2D eigenvalue weighted by molar-refractivity contribution is 0.410. The molecule has 20 heavy (non-hydrogen) atoms. The molecule has 0 amide bonds. The van der Waals surface area contributed by atoms with Gasteiger partial charge in [-0.05, 0) is 30.5 Å². The Kier molecular flexibility index (Phi) is 5.08. The van der Waals surface area contributed by atoms with Gasteiger partial charge in [-0.3, -0.25) is 0 Å². The molecule has 5 heteroatoms. The van der Waals surface area contributed by atoms with E-state index in [1.165, 1.54) is 0 Å². The molecule has 0 aliphatic carbocycles. The Morgan fingerprint density at radius 2 is 2.05 bits per heavy atom. The summed E-state index contributed by atoms with van der Waals surface area (Å²) in [5.41, 5.74) is 7.76. The van der Waals surface area contributed by atoms with E-state index in [0.29, 0.717) is 22.5 Å². The molecule has 0 aliphatic heterocycles. The molecule has 2 rings (SSSR count). The van der Waals surface area contributed by atoms with Gasteiger partial charge in [-0.25, -0.2) is 4.98 Å². The second-order valence-corrected chi connectivity index (χ2v) is 6.17. The molecule has 1 atom stereocenters. The van der Waals surface area contributed by atoms with Gasteiger partial charge in [0.15, 0.2) is 0 Å². The Morgan fingerprint density at radius 1 is 1.30 bits per heavy atom. The Hall–Kier alpha value is -1.03. The fourth-order valence-electron chi connectivity index (χ4n) is 2.37. The zero-order valence-corrected chi connectivity index (χ0v) is 13.2. The molecule has 1 heterocycles. The molecule has 0 radical (unpaired) electrons. The largest absolute Gasteiger partial charge is 0.328 e. The maximum atomic E-state index is 6.28. The molecule has 0 bridgehead atoms. The predicted molar refractivity (Wildman–Crippen MR) is 85.2 cm³/mol. The van der Waals surface area contributed by atoms with Gasteiger partial charge < -0.3 is 10.3 Å². The zero-order chi connectivity index (χ0) is 14.7. The van der Waals surface area contributed by atoms with E-state index in [2.05, 4.69) is 23.4 Å². The van der Waals surface area contributed by atoms with Gasteiger partial charge in [0, 0.05) is 23.2 Å². The van der Waals surface area contributed by atoms with E-state index in [9.17, 15) is 0 Å². The second-order valence-electron chi connectivity index (χ2n) is 5.33. The van der Waals surface area contributed by atoms with Crippen molar-refractivity contribution in [3.63, 3.8) is 0 Å². The highest BCUT2D eigenvalue weighted by Gasteiger charge is 2.17. The third kappa shape index (κ3) is 3.35. The SMILES string of the molecule is CC(C)CC(CN)n1cncc1-c1cc(Cl)ccc1Cl. The van der Waals surface area contributed by atoms with Crippen molar-refractivity contribution >= 4 is 23.2 Å². The highest BCUT2D eigenvalue weighted by molar-refractivity contribution is 6.35. The van der Waals surface area contributed by atoms with E-state index < -0.39 is 0 Å². The normalized spacial score (nSPS) is 12.9. The quantitative estimate of drug-likeness (QED) is 0.889. The van der Waals surface area contributed by atoms with Crippen molar-refractivity contribution in [1.82, 2.24) is 9.55 Å². The minimum absolute atomic E-state index is 0.211. The number of rotatable bonds is 5. The third-order valence-electron chi connectivity index (χ3n) is 3.28. The van der Waals surface area contributed by atoms with Gasteiger partial charge in [-0.1, -0.05) is 37.0 Å². The summed E-state index contributed by atoms with van der Waals surface area (Å²) < 4.78 is 2.09. The Morgan fingerprint density at radius 3 is 2.70 bits per heavy atom. The number of imidazole rings is 1. The van der Waals surface area contributed by atoms with Crippen molar-refractivity contribution in [3.8, 4) is 11.3 Å². The fraction of sp³-hybridized carbons (Fsp3) is 0.400. The lowest BCUT2D eigenvalue weighted by atomic mass is 10.0. The minimum atomic E-state index is 0.211. The van der Waals surface area contributed by atoms with E-state index in [0.717, 1.165) is 17.7 Å². The average Bonchev–Trinajstić information content (AvgIpc) is 2.87. The molecule has 2 aromatic rings. The van der Waals surface area contributed by atoms with Crippen LogP contribution in [0.1, 0.15) is 26.3 Å². The predicted octanol–water partition coefficient (Wildman–Crippen LogP) is 4.40. The number of halogens is 2. The van der Waals surface area contributed by atoms with E-state index in [-0.39, 0.29) is 6.04 Å². The van der Waals surface area contributed by atoms with Crippen LogP contribution in [0.25, 0.3) is 11.3 Å². The third-order valence-corrected chi connectivity index (χ3v) is 3.84. The van der Waals surface area contributed by atoms with Crippen LogP contribution in [0.15, 0.2) is 30.7 Å². The summed E-state index contributed by atoms with van der Waals surface area (Å²) in [6.45, 7) is 4.94. The van der Waals surface area contributed by atoms with Crippen molar-refractivity contribution in [3.05, 3.63) is 40.8 Å². The first-order valence-corrected chi connectivity index (χ1v) is 7.45. The molecule has 108 valence electrons. The van der Waals surface area contributed by atoms with Gasteiger partial charge in [0.05, 0.1) is 23.2 Å². The summed E-state index contributed by atoms with van der Waals surface area (Å²) in [4.78, 5) is 4.25. The van der Waals surface area contributed by atoms with Crippen LogP contribution in [0.3, 0.4) is 0 Å². The lowest BCUT2D eigenvalue weighted by Crippen LogP contribution is -2.21. The number of aromatic nitrogens is 2. The van der Waals surface area contributed by atoms with Crippen LogP contribution in [0.5, 0.6) is 0 Å². The second kappa shape index (κ2) is 6.61. The summed E-state index contributed by atoms with van der Waals surface area (Å²) in [5.74, 6) is 0.564. The van der Waals surface area contributed by atoms with E-state index in [1.54, 1.807) is 18.3 Å². The van der Waals surface area contributed by atoms with Crippen LogP contribution < -0.4 is 5.73 Å². The first-order valence-electron chi connectivity index (χ1n) is 6.70. The maximum absolute atomic E-state index is 6.28. The van der Waals surface area contributed by atoms with Gasteiger partial charge in [0.1, 0.15) is 0 Å². The summed E-state index contributed by atoms with van der Waals surface area (Å²) in [6.07, 6.45) is 4.62. The number of hydrogen-bond donors (Lipinski definition) is 1. The highest BCUT2D eigenvalue weighted by atomic mass is 35.5. The fourth-order valence-corrected chi connectivity index (χ4v) is 2.75. The highest BCUT2D eigenvalue weighted by Crippen LogP contribution is 2.32. The number of nitrogens with two attached hydrogens (primary N) is 1. The van der Waals surface area contributed by atoms with Crippen molar-refractivity contribution in [2.75, 3.05) is 6.54 Å². The number of hydrogen-bond acceptors (Lipinski definition) is 2. The van der Waals surface area contributed by atoms with Crippen molar-refractivity contribution in [2.45, 2.75) is 26.3 Å². The minimum Gasteiger partial charge on any atom is -0.328 e. The van der Waals surface area contributed by atoms with Crippen LogP contribution in [-0.4, -0.2) is 16.1 Å². The van der Waals surface area contributed by atoms with Gasteiger partial charge in [0.25, 0.3) is 0 Å².